The van der Waals surface area contributed by atoms with Gasteiger partial charge in [0.05, 0.1) is 0 Å². The van der Waals surface area contributed by atoms with Gasteiger partial charge in [-0.05, 0) is 18.1 Å². The molecule has 1 unspecified atom stereocenters. The third-order valence-corrected chi connectivity index (χ3v) is 2.92. The molecule has 0 bridgehead atoms. The first kappa shape index (κ1) is 11.7. The minimum Gasteiger partial charge on any atom is -0.330 e. The average molecular weight is 227 g/mol. The Morgan fingerprint density at radius 1 is 1.18 bits per heavy atom. The molecule has 0 amide bonds. The molecule has 0 aliphatic heterocycles. The van der Waals surface area contributed by atoms with Gasteiger partial charge in [-0.3, -0.25) is 0 Å². The van der Waals surface area contributed by atoms with Gasteiger partial charge in [0.25, 0.3) is 0 Å². The molecule has 0 radical (unpaired) electrons. The van der Waals surface area contributed by atoms with E-state index in [2.05, 4.69) is 29.0 Å². The van der Waals surface area contributed by atoms with Crippen LogP contribution in [0.1, 0.15) is 24.2 Å². The van der Waals surface area contributed by atoms with Gasteiger partial charge in [0, 0.05) is 30.4 Å². The van der Waals surface area contributed by atoms with Gasteiger partial charge in [-0.2, -0.15) is 0 Å². The molecular weight excluding hydrogens is 210 g/mol. The maximum absolute atomic E-state index is 5.60. The van der Waals surface area contributed by atoms with Crippen LogP contribution >= 0.6 is 0 Å². The summed E-state index contributed by atoms with van der Waals surface area (Å²) in [5, 5.41) is 0. The highest BCUT2D eigenvalue weighted by molar-refractivity contribution is 5.65. The molecule has 2 rings (SSSR count). The minimum atomic E-state index is 0.209. The quantitative estimate of drug-likeness (QED) is 0.876. The van der Waals surface area contributed by atoms with Gasteiger partial charge in [0.15, 0.2) is 0 Å². The second-order valence-electron chi connectivity index (χ2n) is 4.28. The normalized spacial score (nSPS) is 12.4. The molecule has 0 aliphatic carbocycles. The van der Waals surface area contributed by atoms with Crippen LogP contribution < -0.4 is 5.73 Å². The number of nitrogens with two attached hydrogens (primary N) is 1. The van der Waals surface area contributed by atoms with Gasteiger partial charge in [-0.25, -0.2) is 9.97 Å². The van der Waals surface area contributed by atoms with Gasteiger partial charge in [0.2, 0.25) is 0 Å². The number of benzene rings is 1. The Balaban J connectivity index is 2.33. The zero-order chi connectivity index (χ0) is 12.3. The molecule has 3 nitrogen and oxygen atoms in total. The van der Waals surface area contributed by atoms with Crippen LogP contribution in [0.5, 0.6) is 0 Å². The van der Waals surface area contributed by atoms with E-state index in [0.29, 0.717) is 6.54 Å². The molecule has 0 saturated carbocycles. The molecule has 1 atom stereocenters. The fourth-order valence-corrected chi connectivity index (χ4v) is 1.73. The molecule has 0 spiro atoms. The third-order valence-electron chi connectivity index (χ3n) is 2.92. The molecule has 3 heteroatoms. The number of hydrogen-bond acceptors (Lipinski definition) is 3. The van der Waals surface area contributed by atoms with Gasteiger partial charge in [-0.15, -0.1) is 0 Å². The third kappa shape index (κ3) is 2.50. The first-order chi connectivity index (χ1) is 8.22. The number of aromatic nitrogens is 2. The van der Waals surface area contributed by atoms with Crippen molar-refractivity contribution >= 4 is 0 Å². The lowest BCUT2D eigenvalue weighted by Gasteiger charge is -2.08. The van der Waals surface area contributed by atoms with Gasteiger partial charge in [-0.1, -0.05) is 31.2 Å². The summed E-state index contributed by atoms with van der Waals surface area (Å²) in [6.07, 6.45) is 3.74. The van der Waals surface area contributed by atoms with E-state index in [4.69, 9.17) is 5.73 Å². The summed E-state index contributed by atoms with van der Waals surface area (Å²) in [4.78, 5) is 8.75. The van der Waals surface area contributed by atoms with E-state index >= 15 is 0 Å². The van der Waals surface area contributed by atoms with E-state index in [1.807, 2.05) is 31.5 Å². The lowest BCUT2D eigenvalue weighted by molar-refractivity contribution is 0.712. The molecule has 17 heavy (non-hydrogen) atoms. The Hall–Kier alpha value is -1.74. The van der Waals surface area contributed by atoms with Gasteiger partial charge in [0.1, 0.15) is 5.82 Å². The molecule has 1 heterocycles. The summed E-state index contributed by atoms with van der Waals surface area (Å²) < 4.78 is 0. The Bertz CT molecular complexity index is 491. The van der Waals surface area contributed by atoms with E-state index in [-0.39, 0.29) is 5.92 Å². The predicted octanol–water partition coefficient (Wildman–Crippen LogP) is 2.51. The van der Waals surface area contributed by atoms with Crippen LogP contribution in [0.25, 0.3) is 11.1 Å². The maximum Gasteiger partial charge on any atom is 0.132 e. The molecule has 88 valence electrons. The zero-order valence-corrected chi connectivity index (χ0v) is 10.2. The zero-order valence-electron chi connectivity index (χ0n) is 10.2. The molecule has 2 N–H and O–H groups in total. The SMILES string of the molecule is Cc1ccccc1-c1cnc(C(C)CN)nc1. The van der Waals surface area contributed by atoms with Crippen molar-refractivity contribution in [3.05, 3.63) is 48.0 Å². The van der Waals surface area contributed by atoms with Gasteiger partial charge >= 0.3 is 0 Å². The smallest absolute Gasteiger partial charge is 0.132 e. The fraction of sp³-hybridized carbons (Fsp3) is 0.286. The first-order valence-electron chi connectivity index (χ1n) is 5.80. The van der Waals surface area contributed by atoms with Crippen molar-refractivity contribution in [2.45, 2.75) is 19.8 Å². The van der Waals surface area contributed by atoms with Crippen LogP contribution in [0, 0.1) is 6.92 Å². The Morgan fingerprint density at radius 3 is 2.41 bits per heavy atom. The standard InChI is InChI=1S/C14H17N3/c1-10-5-3-4-6-13(10)12-8-16-14(17-9-12)11(2)7-15/h3-6,8-9,11H,7,15H2,1-2H3. The Labute approximate surface area is 102 Å². The van der Waals surface area contributed by atoms with Crippen LogP contribution in [0.4, 0.5) is 0 Å². The van der Waals surface area contributed by atoms with E-state index in [1.165, 1.54) is 11.1 Å². The molecule has 0 fully saturated rings. The maximum atomic E-state index is 5.60. The van der Waals surface area contributed by atoms with Gasteiger partial charge < -0.3 is 5.73 Å². The predicted molar refractivity (Wildman–Crippen MR) is 69.7 cm³/mol. The van der Waals surface area contributed by atoms with E-state index < -0.39 is 0 Å². The first-order valence-corrected chi connectivity index (χ1v) is 5.80. The second-order valence-corrected chi connectivity index (χ2v) is 4.28. The fourth-order valence-electron chi connectivity index (χ4n) is 1.73. The molecular formula is C14H17N3. The van der Waals surface area contributed by atoms with Crippen molar-refractivity contribution in [2.75, 3.05) is 6.54 Å². The largest absolute Gasteiger partial charge is 0.330 e. The molecule has 0 saturated heterocycles. The molecule has 1 aromatic carbocycles. The van der Waals surface area contributed by atoms with Crippen LogP contribution in [-0.4, -0.2) is 16.5 Å². The monoisotopic (exact) mass is 227 g/mol. The van der Waals surface area contributed by atoms with Crippen LogP contribution in [-0.2, 0) is 0 Å². The number of nitrogens with zero attached hydrogens (tertiary/aromatic N) is 2. The molecule has 0 aliphatic rings. The number of hydrogen-bond donors (Lipinski definition) is 1. The van der Waals surface area contributed by atoms with Crippen molar-refractivity contribution in [1.82, 2.24) is 9.97 Å². The summed E-state index contributed by atoms with van der Waals surface area (Å²) in [5.74, 6) is 1.02. The highest BCUT2D eigenvalue weighted by atomic mass is 14.9. The van der Waals surface area contributed by atoms with Crippen LogP contribution in [0.2, 0.25) is 0 Å². The molecule has 1 aromatic heterocycles. The number of rotatable bonds is 3. The van der Waals surface area contributed by atoms with E-state index in [0.717, 1.165) is 11.4 Å². The van der Waals surface area contributed by atoms with E-state index in [9.17, 15) is 0 Å². The lowest BCUT2D eigenvalue weighted by atomic mass is 10.0. The summed E-state index contributed by atoms with van der Waals surface area (Å²) in [6, 6.07) is 8.23. The van der Waals surface area contributed by atoms with Crippen LogP contribution in [0.15, 0.2) is 36.7 Å². The lowest BCUT2D eigenvalue weighted by Crippen LogP contribution is -2.11. The summed E-state index contributed by atoms with van der Waals surface area (Å²) in [6.45, 7) is 4.69. The summed E-state index contributed by atoms with van der Waals surface area (Å²) >= 11 is 0. The Morgan fingerprint density at radius 2 is 1.82 bits per heavy atom. The number of aryl methyl sites for hydroxylation is 1. The van der Waals surface area contributed by atoms with Crippen molar-refractivity contribution in [3.8, 4) is 11.1 Å². The minimum absolute atomic E-state index is 0.209. The second kappa shape index (κ2) is 5.06. The van der Waals surface area contributed by atoms with Crippen molar-refractivity contribution in [1.29, 1.82) is 0 Å². The highest BCUT2D eigenvalue weighted by Crippen LogP contribution is 2.22. The summed E-state index contributed by atoms with van der Waals surface area (Å²) in [7, 11) is 0. The molecule has 2 aromatic rings. The highest BCUT2D eigenvalue weighted by Gasteiger charge is 2.07. The topological polar surface area (TPSA) is 51.8 Å². The Kier molecular flexibility index (Phi) is 3.49. The van der Waals surface area contributed by atoms with Crippen molar-refractivity contribution in [3.63, 3.8) is 0 Å². The van der Waals surface area contributed by atoms with E-state index in [1.54, 1.807) is 0 Å². The van der Waals surface area contributed by atoms with Crippen molar-refractivity contribution < 1.29 is 0 Å². The van der Waals surface area contributed by atoms with Crippen LogP contribution in [0.3, 0.4) is 0 Å². The van der Waals surface area contributed by atoms with Crippen molar-refractivity contribution in [2.24, 2.45) is 5.73 Å². The summed E-state index contributed by atoms with van der Waals surface area (Å²) in [5.41, 5.74) is 9.06. The average Bonchev–Trinajstić information content (AvgIpc) is 2.39.